The topological polar surface area (TPSA) is 80.3 Å². The van der Waals surface area contributed by atoms with Crippen molar-refractivity contribution in [1.29, 1.82) is 0 Å². The largest absolute Gasteiger partial charge is 0.376 e. The van der Waals surface area contributed by atoms with Crippen molar-refractivity contribution in [2.24, 2.45) is 0 Å². The van der Waals surface area contributed by atoms with Gasteiger partial charge in [-0.3, -0.25) is 9.59 Å². The Morgan fingerprint density at radius 1 is 1.42 bits per heavy atom. The Bertz CT molecular complexity index is 458. The molecule has 7 heteroatoms. The van der Waals surface area contributed by atoms with Gasteiger partial charge in [0, 0.05) is 23.8 Å². The Morgan fingerprint density at radius 2 is 2.26 bits per heavy atom. The lowest BCUT2D eigenvalue weighted by Gasteiger charge is -2.10. The van der Waals surface area contributed by atoms with Gasteiger partial charge in [-0.1, -0.05) is 0 Å². The Morgan fingerprint density at radius 3 is 2.89 bits per heavy atom. The first-order valence-electron chi connectivity index (χ1n) is 5.97. The number of nitrogens with one attached hydrogen (secondary N) is 2. The van der Waals surface area contributed by atoms with Gasteiger partial charge in [0.1, 0.15) is 5.82 Å². The van der Waals surface area contributed by atoms with E-state index in [9.17, 15) is 9.59 Å². The van der Waals surface area contributed by atoms with Crippen LogP contribution in [0.2, 0.25) is 0 Å². The molecular formula is C12H14BrN3O3. The summed E-state index contributed by atoms with van der Waals surface area (Å²) in [5.74, 6) is -1.08. The second-order valence-electron chi connectivity index (χ2n) is 4.16. The van der Waals surface area contributed by atoms with Crippen molar-refractivity contribution in [2.45, 2.75) is 18.9 Å². The van der Waals surface area contributed by atoms with E-state index >= 15 is 0 Å². The van der Waals surface area contributed by atoms with Gasteiger partial charge in [0.15, 0.2) is 0 Å². The smallest absolute Gasteiger partial charge is 0.314 e. The molecule has 1 aliphatic heterocycles. The van der Waals surface area contributed by atoms with Crippen molar-refractivity contribution in [3.8, 4) is 0 Å². The third-order valence-corrected chi connectivity index (χ3v) is 3.16. The normalized spacial score (nSPS) is 18.1. The molecule has 19 heavy (non-hydrogen) atoms. The van der Waals surface area contributed by atoms with Gasteiger partial charge in [-0.05, 0) is 40.9 Å². The van der Waals surface area contributed by atoms with Gasteiger partial charge < -0.3 is 15.4 Å². The van der Waals surface area contributed by atoms with Crippen molar-refractivity contribution >= 4 is 33.6 Å². The zero-order chi connectivity index (χ0) is 13.7. The van der Waals surface area contributed by atoms with Crippen LogP contribution in [-0.2, 0) is 14.3 Å². The first-order chi connectivity index (χ1) is 9.15. The number of hydrogen-bond acceptors (Lipinski definition) is 4. The van der Waals surface area contributed by atoms with Gasteiger partial charge in [0.25, 0.3) is 0 Å². The molecule has 1 aromatic heterocycles. The van der Waals surface area contributed by atoms with Crippen LogP contribution in [0.25, 0.3) is 0 Å². The molecule has 1 fully saturated rings. The van der Waals surface area contributed by atoms with Gasteiger partial charge in [-0.2, -0.15) is 0 Å². The molecule has 0 radical (unpaired) electrons. The highest BCUT2D eigenvalue weighted by molar-refractivity contribution is 9.10. The molecule has 0 unspecified atom stereocenters. The van der Waals surface area contributed by atoms with Gasteiger partial charge in [-0.15, -0.1) is 0 Å². The number of nitrogens with zero attached hydrogens (tertiary/aromatic N) is 1. The van der Waals surface area contributed by atoms with Gasteiger partial charge >= 0.3 is 11.8 Å². The molecule has 102 valence electrons. The van der Waals surface area contributed by atoms with E-state index in [1.807, 2.05) is 0 Å². The monoisotopic (exact) mass is 327 g/mol. The van der Waals surface area contributed by atoms with Crippen LogP contribution in [0.15, 0.2) is 22.8 Å². The van der Waals surface area contributed by atoms with Crippen LogP contribution < -0.4 is 10.6 Å². The summed E-state index contributed by atoms with van der Waals surface area (Å²) in [6.07, 6.45) is 3.47. The van der Waals surface area contributed by atoms with Crippen LogP contribution >= 0.6 is 15.9 Å². The molecule has 2 heterocycles. The molecule has 0 bridgehead atoms. The third-order valence-electron chi connectivity index (χ3n) is 2.69. The predicted molar refractivity (Wildman–Crippen MR) is 72.6 cm³/mol. The Balaban J connectivity index is 1.78. The highest BCUT2D eigenvalue weighted by Gasteiger charge is 2.19. The van der Waals surface area contributed by atoms with Gasteiger partial charge in [0.2, 0.25) is 0 Å². The van der Waals surface area contributed by atoms with Crippen LogP contribution in [0.5, 0.6) is 0 Å². The molecule has 0 aromatic carbocycles. The number of amides is 2. The molecule has 1 saturated heterocycles. The molecule has 1 atom stereocenters. The summed E-state index contributed by atoms with van der Waals surface area (Å²) in [6, 6.07) is 3.34. The fourth-order valence-electron chi connectivity index (χ4n) is 1.71. The van der Waals surface area contributed by atoms with E-state index in [0.29, 0.717) is 12.4 Å². The van der Waals surface area contributed by atoms with Crippen molar-refractivity contribution in [3.05, 3.63) is 22.8 Å². The number of anilines is 1. The highest BCUT2D eigenvalue weighted by Crippen LogP contribution is 2.11. The maximum atomic E-state index is 11.6. The van der Waals surface area contributed by atoms with Crippen LogP contribution in [0, 0.1) is 0 Å². The van der Waals surface area contributed by atoms with Crippen LogP contribution in [0.1, 0.15) is 12.8 Å². The van der Waals surface area contributed by atoms with Crippen LogP contribution in [-0.4, -0.2) is 36.1 Å². The average Bonchev–Trinajstić information content (AvgIpc) is 2.91. The SMILES string of the molecule is O=C(NC[C@H]1CCCO1)C(=O)Nc1ccc(Br)cn1. The van der Waals surface area contributed by atoms with E-state index in [4.69, 9.17) is 4.74 Å². The molecule has 2 rings (SSSR count). The third kappa shape index (κ3) is 4.29. The van der Waals surface area contributed by atoms with Gasteiger partial charge in [0.05, 0.1) is 6.10 Å². The van der Waals surface area contributed by atoms with Crippen LogP contribution in [0.3, 0.4) is 0 Å². The summed E-state index contributed by atoms with van der Waals surface area (Å²) in [7, 11) is 0. The van der Waals surface area contributed by atoms with E-state index in [-0.39, 0.29) is 6.10 Å². The molecule has 0 spiro atoms. The number of aromatic nitrogens is 1. The molecular weight excluding hydrogens is 314 g/mol. The maximum absolute atomic E-state index is 11.6. The van der Waals surface area contributed by atoms with Gasteiger partial charge in [-0.25, -0.2) is 4.98 Å². The maximum Gasteiger partial charge on any atom is 0.314 e. The van der Waals surface area contributed by atoms with E-state index < -0.39 is 11.8 Å². The summed E-state index contributed by atoms with van der Waals surface area (Å²) in [6.45, 7) is 1.08. The van der Waals surface area contributed by atoms with Crippen molar-refractivity contribution in [3.63, 3.8) is 0 Å². The van der Waals surface area contributed by atoms with E-state index in [1.165, 1.54) is 0 Å². The number of hydrogen-bond donors (Lipinski definition) is 2. The molecule has 1 aliphatic rings. The Labute approximate surface area is 119 Å². The summed E-state index contributed by atoms with van der Waals surface area (Å²) in [5, 5.41) is 4.96. The second kappa shape index (κ2) is 6.63. The predicted octanol–water partition coefficient (Wildman–Crippen LogP) is 1.08. The van der Waals surface area contributed by atoms with E-state index in [2.05, 4.69) is 31.5 Å². The van der Waals surface area contributed by atoms with Crippen molar-refractivity contribution in [2.75, 3.05) is 18.5 Å². The second-order valence-corrected chi connectivity index (χ2v) is 5.08. The fourth-order valence-corrected chi connectivity index (χ4v) is 1.95. The molecule has 2 N–H and O–H groups in total. The number of ether oxygens (including phenoxy) is 1. The lowest BCUT2D eigenvalue weighted by molar-refractivity contribution is -0.136. The zero-order valence-corrected chi connectivity index (χ0v) is 11.8. The molecule has 6 nitrogen and oxygen atoms in total. The molecule has 0 aliphatic carbocycles. The minimum Gasteiger partial charge on any atom is -0.376 e. The zero-order valence-electron chi connectivity index (χ0n) is 10.2. The summed E-state index contributed by atoms with van der Waals surface area (Å²) in [5.41, 5.74) is 0. The quantitative estimate of drug-likeness (QED) is 0.814. The standard InChI is InChI=1S/C12H14BrN3O3/c13-8-3-4-10(14-6-8)16-12(18)11(17)15-7-9-2-1-5-19-9/h3-4,6,9H,1-2,5,7H2,(H,15,17)(H,14,16,18)/t9-/m1/s1. The number of carbonyl (C=O) groups excluding carboxylic acids is 2. The summed E-state index contributed by atoms with van der Waals surface area (Å²) >= 11 is 3.23. The Kier molecular flexibility index (Phi) is 4.86. The van der Waals surface area contributed by atoms with Crippen molar-refractivity contribution in [1.82, 2.24) is 10.3 Å². The summed E-state index contributed by atoms with van der Waals surface area (Å²) < 4.78 is 6.15. The number of rotatable bonds is 3. The molecule has 0 saturated carbocycles. The number of pyridine rings is 1. The van der Waals surface area contributed by atoms with Crippen molar-refractivity contribution < 1.29 is 14.3 Å². The van der Waals surface area contributed by atoms with Crippen LogP contribution in [0.4, 0.5) is 5.82 Å². The lowest BCUT2D eigenvalue weighted by Crippen LogP contribution is -2.39. The fraction of sp³-hybridized carbons (Fsp3) is 0.417. The van der Waals surface area contributed by atoms with E-state index in [1.54, 1.807) is 18.3 Å². The highest BCUT2D eigenvalue weighted by atomic mass is 79.9. The molecule has 2 amide bonds. The number of carbonyl (C=O) groups is 2. The molecule has 1 aromatic rings. The minimum atomic E-state index is -0.729. The lowest BCUT2D eigenvalue weighted by atomic mass is 10.2. The first kappa shape index (κ1) is 14.0. The number of halogens is 1. The average molecular weight is 328 g/mol. The summed E-state index contributed by atoms with van der Waals surface area (Å²) in [4.78, 5) is 27.1. The minimum absolute atomic E-state index is 0.0163. The Hall–Kier alpha value is -1.47. The van der Waals surface area contributed by atoms with E-state index in [0.717, 1.165) is 23.9 Å². The first-order valence-corrected chi connectivity index (χ1v) is 6.77.